The van der Waals surface area contributed by atoms with Crippen molar-refractivity contribution in [3.8, 4) is 0 Å². The molecule has 2 heterocycles. The van der Waals surface area contributed by atoms with E-state index < -0.39 is 16.0 Å². The number of aromatic nitrogens is 2. The van der Waals surface area contributed by atoms with Crippen molar-refractivity contribution >= 4 is 16.0 Å². The fourth-order valence-electron chi connectivity index (χ4n) is 1.93. The van der Waals surface area contributed by atoms with Crippen molar-refractivity contribution in [1.29, 1.82) is 0 Å². The Bertz CT molecular complexity index is 727. The van der Waals surface area contributed by atoms with E-state index in [0.717, 1.165) is 3.97 Å². The van der Waals surface area contributed by atoms with Crippen molar-refractivity contribution in [2.45, 2.75) is 18.7 Å². The summed E-state index contributed by atoms with van der Waals surface area (Å²) in [7, 11) is -2.05. The van der Waals surface area contributed by atoms with Gasteiger partial charge in [-0.1, -0.05) is 0 Å². The second kappa shape index (κ2) is 5.16. The molecule has 20 heavy (non-hydrogen) atoms. The Morgan fingerprint density at radius 1 is 1.30 bits per heavy atom. The number of hydrogen-bond donors (Lipinski definition) is 0. The number of carbonyl (C=O) groups is 1. The van der Waals surface area contributed by atoms with Crippen LogP contribution in [-0.2, 0) is 21.8 Å². The van der Waals surface area contributed by atoms with Crippen LogP contribution >= 0.6 is 0 Å². The van der Waals surface area contributed by atoms with Gasteiger partial charge in [-0.05, 0) is 32.0 Å². The summed E-state index contributed by atoms with van der Waals surface area (Å²) in [6.45, 7) is 3.59. The van der Waals surface area contributed by atoms with E-state index in [0.29, 0.717) is 5.69 Å². The largest absolute Gasteiger partial charge is 0.461 e. The lowest BCUT2D eigenvalue weighted by atomic mass is 10.4. The first kappa shape index (κ1) is 14.4. The lowest BCUT2D eigenvalue weighted by Gasteiger charge is -2.06. The first-order valence-electron chi connectivity index (χ1n) is 6.11. The van der Waals surface area contributed by atoms with Crippen LogP contribution in [0.15, 0.2) is 35.5 Å². The molecule has 2 aromatic heterocycles. The van der Waals surface area contributed by atoms with Gasteiger partial charge in [0.25, 0.3) is 10.0 Å². The smallest absolute Gasteiger partial charge is 0.354 e. The van der Waals surface area contributed by atoms with E-state index >= 15 is 0 Å². The zero-order chi connectivity index (χ0) is 14.9. The van der Waals surface area contributed by atoms with Gasteiger partial charge in [0, 0.05) is 25.1 Å². The van der Waals surface area contributed by atoms with Crippen LogP contribution in [0.25, 0.3) is 0 Å². The number of ether oxygens (including phenoxy) is 1. The third kappa shape index (κ3) is 2.24. The highest BCUT2D eigenvalue weighted by atomic mass is 32.2. The SMILES string of the molecule is CCOC(=O)c1cc(S(=O)(=O)n2cccc2)c(C)n1C. The number of esters is 1. The molecule has 0 radical (unpaired) electrons. The summed E-state index contributed by atoms with van der Waals surface area (Å²) in [5.41, 5.74) is 0.705. The fraction of sp³-hybridized carbons (Fsp3) is 0.308. The van der Waals surface area contributed by atoms with Crippen molar-refractivity contribution < 1.29 is 17.9 Å². The van der Waals surface area contributed by atoms with Crippen LogP contribution in [0.5, 0.6) is 0 Å². The molecule has 0 saturated heterocycles. The molecule has 0 fully saturated rings. The summed E-state index contributed by atoms with van der Waals surface area (Å²) >= 11 is 0. The first-order chi connectivity index (χ1) is 9.39. The Balaban J connectivity index is 2.55. The summed E-state index contributed by atoms with van der Waals surface area (Å²) in [4.78, 5) is 11.9. The molecule has 0 atom stereocenters. The Morgan fingerprint density at radius 2 is 1.90 bits per heavy atom. The van der Waals surface area contributed by atoms with Crippen LogP contribution in [0.3, 0.4) is 0 Å². The molecule has 0 aliphatic carbocycles. The summed E-state index contributed by atoms with van der Waals surface area (Å²) in [5.74, 6) is -0.535. The van der Waals surface area contributed by atoms with Crippen LogP contribution < -0.4 is 0 Å². The maximum atomic E-state index is 12.5. The van der Waals surface area contributed by atoms with Gasteiger partial charge in [-0.3, -0.25) is 0 Å². The van der Waals surface area contributed by atoms with Gasteiger partial charge < -0.3 is 9.30 Å². The quantitative estimate of drug-likeness (QED) is 0.803. The Kier molecular flexibility index (Phi) is 3.71. The van der Waals surface area contributed by atoms with E-state index in [1.54, 1.807) is 33.0 Å². The van der Waals surface area contributed by atoms with Crippen LogP contribution in [0.2, 0.25) is 0 Å². The molecular weight excluding hydrogens is 280 g/mol. The molecule has 0 aromatic carbocycles. The van der Waals surface area contributed by atoms with Crippen molar-refractivity contribution in [3.05, 3.63) is 42.0 Å². The molecule has 2 aromatic rings. The normalized spacial score (nSPS) is 11.6. The van der Waals surface area contributed by atoms with E-state index in [1.807, 2.05) is 0 Å². The lowest BCUT2D eigenvalue weighted by molar-refractivity contribution is 0.0515. The standard InChI is InChI=1S/C13H16N2O4S/c1-4-19-13(16)11-9-12(10(2)14(11)3)20(17,18)15-7-5-6-8-15/h5-9H,4H2,1-3H3. The van der Waals surface area contributed by atoms with Gasteiger partial charge in [0.1, 0.15) is 10.6 Å². The van der Waals surface area contributed by atoms with Crippen molar-refractivity contribution in [1.82, 2.24) is 8.54 Å². The highest BCUT2D eigenvalue weighted by Crippen LogP contribution is 2.22. The average molecular weight is 296 g/mol. The second-order valence-electron chi connectivity index (χ2n) is 4.28. The average Bonchev–Trinajstić information content (AvgIpc) is 3.00. The number of carbonyl (C=O) groups excluding carboxylic acids is 1. The lowest BCUT2D eigenvalue weighted by Crippen LogP contribution is -2.11. The summed E-state index contributed by atoms with van der Waals surface area (Å²) in [5, 5.41) is 0. The van der Waals surface area contributed by atoms with Gasteiger partial charge in [-0.2, -0.15) is 0 Å². The predicted molar refractivity (Wildman–Crippen MR) is 73.1 cm³/mol. The molecule has 7 heteroatoms. The number of hydrogen-bond acceptors (Lipinski definition) is 4. The van der Waals surface area contributed by atoms with Crippen molar-refractivity contribution in [2.24, 2.45) is 7.05 Å². The van der Waals surface area contributed by atoms with E-state index in [1.165, 1.54) is 23.0 Å². The Hall–Kier alpha value is -2.02. The van der Waals surface area contributed by atoms with E-state index in [2.05, 4.69) is 0 Å². The highest BCUT2D eigenvalue weighted by Gasteiger charge is 2.25. The van der Waals surface area contributed by atoms with Crippen molar-refractivity contribution in [3.63, 3.8) is 0 Å². The Labute approximate surface area is 117 Å². The van der Waals surface area contributed by atoms with Crippen LogP contribution in [0.4, 0.5) is 0 Å². The van der Waals surface area contributed by atoms with Gasteiger partial charge in [-0.25, -0.2) is 17.2 Å². The second-order valence-corrected chi connectivity index (χ2v) is 6.09. The first-order valence-corrected chi connectivity index (χ1v) is 7.55. The molecule has 0 saturated carbocycles. The highest BCUT2D eigenvalue weighted by molar-refractivity contribution is 7.90. The third-order valence-corrected chi connectivity index (χ3v) is 4.87. The molecule has 0 spiro atoms. The maximum Gasteiger partial charge on any atom is 0.354 e. The van der Waals surface area contributed by atoms with E-state index in [4.69, 9.17) is 4.74 Å². The van der Waals surface area contributed by atoms with E-state index in [-0.39, 0.29) is 17.2 Å². The topological polar surface area (TPSA) is 70.3 Å². The molecule has 0 N–H and O–H groups in total. The van der Waals surface area contributed by atoms with Crippen LogP contribution in [0.1, 0.15) is 23.1 Å². The van der Waals surface area contributed by atoms with Gasteiger partial charge in [0.15, 0.2) is 0 Å². The zero-order valence-electron chi connectivity index (χ0n) is 11.5. The minimum Gasteiger partial charge on any atom is -0.461 e. The van der Waals surface area contributed by atoms with E-state index in [9.17, 15) is 13.2 Å². The molecule has 6 nitrogen and oxygen atoms in total. The predicted octanol–water partition coefficient (Wildman–Crippen LogP) is 1.55. The summed E-state index contributed by atoms with van der Waals surface area (Å²) in [6.07, 6.45) is 2.90. The number of nitrogens with zero attached hydrogens (tertiary/aromatic N) is 2. The maximum absolute atomic E-state index is 12.5. The monoisotopic (exact) mass is 296 g/mol. The number of rotatable bonds is 4. The molecule has 108 valence electrons. The molecule has 0 unspecified atom stereocenters. The van der Waals surface area contributed by atoms with Crippen molar-refractivity contribution in [2.75, 3.05) is 6.61 Å². The minimum atomic E-state index is -3.69. The zero-order valence-corrected chi connectivity index (χ0v) is 12.3. The van der Waals surface area contributed by atoms with Gasteiger partial charge in [-0.15, -0.1) is 0 Å². The molecule has 0 aliphatic rings. The van der Waals surface area contributed by atoms with Gasteiger partial charge >= 0.3 is 5.97 Å². The van der Waals surface area contributed by atoms with Gasteiger partial charge in [0.2, 0.25) is 0 Å². The molecule has 0 aliphatic heterocycles. The molecule has 0 amide bonds. The third-order valence-electron chi connectivity index (χ3n) is 3.11. The Morgan fingerprint density at radius 3 is 2.45 bits per heavy atom. The van der Waals surface area contributed by atoms with Gasteiger partial charge in [0.05, 0.1) is 6.61 Å². The fourth-order valence-corrected chi connectivity index (χ4v) is 3.38. The molecular formula is C13H16N2O4S. The summed E-state index contributed by atoms with van der Waals surface area (Å²) < 4.78 is 32.5. The van der Waals surface area contributed by atoms with Crippen LogP contribution in [-0.4, -0.2) is 29.5 Å². The molecule has 0 bridgehead atoms. The summed E-state index contributed by atoms with van der Waals surface area (Å²) in [6, 6.07) is 4.60. The minimum absolute atomic E-state index is 0.0965. The molecule has 2 rings (SSSR count). The van der Waals surface area contributed by atoms with Crippen LogP contribution in [0, 0.1) is 6.92 Å².